The van der Waals surface area contributed by atoms with Gasteiger partial charge in [-0.2, -0.15) is 9.29 Å². The molecule has 1 aromatic carbocycles. The van der Waals surface area contributed by atoms with Gasteiger partial charge in [-0.05, 0) is 55.9 Å². The van der Waals surface area contributed by atoms with Crippen LogP contribution >= 0.6 is 0 Å². The van der Waals surface area contributed by atoms with Gasteiger partial charge in [-0.15, -0.1) is 0 Å². The van der Waals surface area contributed by atoms with Crippen LogP contribution in [0.1, 0.15) is 64.2 Å². The fourth-order valence-corrected chi connectivity index (χ4v) is 6.16. The molecule has 9 heteroatoms. The molecule has 0 atom stereocenters. The summed E-state index contributed by atoms with van der Waals surface area (Å²) in [6.07, 6.45) is 8.30. The lowest BCUT2D eigenvalue weighted by Crippen LogP contribution is -2.38. The number of piperidine rings is 1. The SMILES string of the molecule is CC1CCN(S(=O)(=O)c2ccc(-c3noc(CCC(=O)N(C)C4CCCCC4)n3)cc2)CC1. The van der Waals surface area contributed by atoms with E-state index in [0.717, 1.165) is 25.7 Å². The summed E-state index contributed by atoms with van der Waals surface area (Å²) in [5.74, 6) is 1.47. The van der Waals surface area contributed by atoms with Crippen molar-refractivity contribution in [3.8, 4) is 11.4 Å². The molecule has 2 fully saturated rings. The average molecular weight is 475 g/mol. The van der Waals surface area contributed by atoms with Crippen molar-refractivity contribution in [3.63, 3.8) is 0 Å². The third-order valence-corrected chi connectivity index (χ3v) is 8.94. The first-order valence-corrected chi connectivity index (χ1v) is 13.5. The number of nitrogens with zero attached hydrogens (tertiary/aromatic N) is 4. The zero-order chi connectivity index (χ0) is 23.4. The molecule has 4 rings (SSSR count). The quantitative estimate of drug-likeness (QED) is 0.604. The maximum Gasteiger partial charge on any atom is 0.243 e. The predicted molar refractivity (Wildman–Crippen MR) is 125 cm³/mol. The highest BCUT2D eigenvalue weighted by Crippen LogP contribution is 2.26. The number of carbonyl (C=O) groups excluding carboxylic acids is 1. The lowest BCUT2D eigenvalue weighted by Gasteiger charge is -2.31. The molecule has 1 amide bonds. The number of benzene rings is 1. The fourth-order valence-electron chi connectivity index (χ4n) is 4.69. The topological polar surface area (TPSA) is 96.6 Å². The zero-order valence-corrected chi connectivity index (χ0v) is 20.4. The first kappa shape index (κ1) is 23.9. The van der Waals surface area contributed by atoms with Gasteiger partial charge >= 0.3 is 0 Å². The van der Waals surface area contributed by atoms with Crippen LogP contribution in [0.5, 0.6) is 0 Å². The summed E-state index contributed by atoms with van der Waals surface area (Å²) in [4.78, 5) is 19.1. The van der Waals surface area contributed by atoms with Crippen LogP contribution in [0.2, 0.25) is 0 Å². The Labute approximate surface area is 196 Å². The summed E-state index contributed by atoms with van der Waals surface area (Å²) in [5.41, 5.74) is 0.682. The second-order valence-electron chi connectivity index (χ2n) is 9.42. The van der Waals surface area contributed by atoms with Gasteiger partial charge in [-0.1, -0.05) is 31.3 Å². The highest BCUT2D eigenvalue weighted by Gasteiger charge is 2.28. The van der Waals surface area contributed by atoms with E-state index in [4.69, 9.17) is 4.52 Å². The van der Waals surface area contributed by atoms with Crippen LogP contribution in [0.25, 0.3) is 11.4 Å². The van der Waals surface area contributed by atoms with Crippen LogP contribution in [0.15, 0.2) is 33.7 Å². The highest BCUT2D eigenvalue weighted by atomic mass is 32.2. The second kappa shape index (κ2) is 10.3. The Morgan fingerprint density at radius 3 is 2.42 bits per heavy atom. The molecule has 1 aromatic heterocycles. The fraction of sp³-hybridized carbons (Fsp3) is 0.625. The van der Waals surface area contributed by atoms with Crippen LogP contribution in [0.3, 0.4) is 0 Å². The summed E-state index contributed by atoms with van der Waals surface area (Å²) in [6.45, 7) is 3.28. The largest absolute Gasteiger partial charge is 0.343 e. The van der Waals surface area contributed by atoms with E-state index >= 15 is 0 Å². The van der Waals surface area contributed by atoms with E-state index in [2.05, 4.69) is 17.1 Å². The molecule has 0 spiro atoms. The number of hydrogen-bond donors (Lipinski definition) is 0. The highest BCUT2D eigenvalue weighted by molar-refractivity contribution is 7.89. The van der Waals surface area contributed by atoms with E-state index in [1.807, 2.05) is 11.9 Å². The summed E-state index contributed by atoms with van der Waals surface area (Å²) in [7, 11) is -1.60. The molecule has 1 aliphatic heterocycles. The van der Waals surface area contributed by atoms with Gasteiger partial charge in [0.25, 0.3) is 0 Å². The number of aryl methyl sites for hydroxylation is 1. The van der Waals surface area contributed by atoms with E-state index in [0.29, 0.717) is 55.2 Å². The Morgan fingerprint density at radius 1 is 1.09 bits per heavy atom. The molecule has 33 heavy (non-hydrogen) atoms. The van der Waals surface area contributed by atoms with Crippen LogP contribution in [0, 0.1) is 5.92 Å². The molecule has 0 radical (unpaired) electrons. The smallest absolute Gasteiger partial charge is 0.243 e. The maximum atomic E-state index is 12.9. The first-order chi connectivity index (χ1) is 15.8. The monoisotopic (exact) mass is 474 g/mol. The van der Waals surface area contributed by atoms with Gasteiger partial charge in [0.1, 0.15) is 0 Å². The lowest BCUT2D eigenvalue weighted by molar-refractivity contribution is -0.132. The van der Waals surface area contributed by atoms with E-state index in [1.54, 1.807) is 28.6 Å². The minimum atomic E-state index is -3.49. The zero-order valence-electron chi connectivity index (χ0n) is 19.6. The molecule has 180 valence electrons. The summed E-state index contributed by atoms with van der Waals surface area (Å²) < 4.78 is 32.7. The van der Waals surface area contributed by atoms with Crippen LogP contribution < -0.4 is 0 Å². The Balaban J connectivity index is 1.35. The van der Waals surface area contributed by atoms with Gasteiger partial charge in [0.15, 0.2) is 0 Å². The molecule has 8 nitrogen and oxygen atoms in total. The van der Waals surface area contributed by atoms with Crippen molar-refractivity contribution >= 4 is 15.9 Å². The third kappa shape index (κ3) is 5.63. The molecule has 2 aromatic rings. The Bertz CT molecular complexity index is 1040. The van der Waals surface area contributed by atoms with Crippen molar-refractivity contribution in [2.75, 3.05) is 20.1 Å². The van der Waals surface area contributed by atoms with Crippen molar-refractivity contribution in [3.05, 3.63) is 30.2 Å². The molecular weight excluding hydrogens is 440 g/mol. The molecule has 1 saturated carbocycles. The summed E-state index contributed by atoms with van der Waals surface area (Å²) >= 11 is 0. The summed E-state index contributed by atoms with van der Waals surface area (Å²) in [5, 5.41) is 4.02. The van der Waals surface area contributed by atoms with E-state index in [1.165, 1.54) is 19.3 Å². The standard InChI is InChI=1S/C24H34N4O4S/c1-18-14-16-28(17-15-18)33(30,31)21-10-8-19(9-11-21)24-25-22(32-26-24)12-13-23(29)27(2)20-6-4-3-5-7-20/h8-11,18,20H,3-7,12-17H2,1-2H3. The van der Waals surface area contributed by atoms with Crippen molar-refractivity contribution in [2.24, 2.45) is 5.92 Å². The van der Waals surface area contributed by atoms with Crippen molar-refractivity contribution in [1.29, 1.82) is 0 Å². The van der Waals surface area contributed by atoms with Gasteiger partial charge < -0.3 is 9.42 Å². The maximum absolute atomic E-state index is 12.9. The molecule has 1 saturated heterocycles. The van der Waals surface area contributed by atoms with Gasteiger partial charge in [-0.25, -0.2) is 8.42 Å². The van der Waals surface area contributed by atoms with Gasteiger partial charge in [0, 0.05) is 44.6 Å². The number of rotatable bonds is 7. The van der Waals surface area contributed by atoms with Crippen LogP contribution in [0.4, 0.5) is 0 Å². The number of aromatic nitrogens is 2. The normalized spacial score (nSPS) is 19.0. The minimum Gasteiger partial charge on any atom is -0.343 e. The second-order valence-corrected chi connectivity index (χ2v) is 11.4. The Morgan fingerprint density at radius 2 is 1.76 bits per heavy atom. The van der Waals surface area contributed by atoms with E-state index in [-0.39, 0.29) is 10.8 Å². The predicted octanol–water partition coefficient (Wildman–Crippen LogP) is 3.88. The van der Waals surface area contributed by atoms with E-state index < -0.39 is 10.0 Å². The minimum absolute atomic E-state index is 0.100. The number of carbonyl (C=O) groups is 1. The molecule has 2 heterocycles. The third-order valence-electron chi connectivity index (χ3n) is 7.03. The Hall–Kier alpha value is -2.26. The molecule has 0 unspecified atom stereocenters. The van der Waals surface area contributed by atoms with Crippen molar-refractivity contribution < 1.29 is 17.7 Å². The number of hydrogen-bond acceptors (Lipinski definition) is 6. The lowest BCUT2D eigenvalue weighted by atomic mass is 9.94. The average Bonchev–Trinajstić information content (AvgIpc) is 3.32. The van der Waals surface area contributed by atoms with E-state index in [9.17, 15) is 13.2 Å². The van der Waals surface area contributed by atoms with Crippen LogP contribution in [-0.4, -0.2) is 59.8 Å². The van der Waals surface area contributed by atoms with Crippen LogP contribution in [-0.2, 0) is 21.2 Å². The Kier molecular flexibility index (Phi) is 7.48. The van der Waals surface area contributed by atoms with Crippen molar-refractivity contribution in [1.82, 2.24) is 19.3 Å². The molecule has 2 aliphatic rings. The molecule has 0 N–H and O–H groups in total. The van der Waals surface area contributed by atoms with Crippen molar-refractivity contribution in [2.45, 2.75) is 75.6 Å². The number of amides is 1. The molecular formula is C24H34N4O4S. The van der Waals surface area contributed by atoms with Gasteiger partial charge in [-0.3, -0.25) is 4.79 Å². The van der Waals surface area contributed by atoms with Gasteiger partial charge in [0.05, 0.1) is 4.90 Å². The van der Waals surface area contributed by atoms with Gasteiger partial charge in [0.2, 0.25) is 27.6 Å². The molecule has 0 bridgehead atoms. The number of sulfonamides is 1. The molecule has 1 aliphatic carbocycles. The summed E-state index contributed by atoms with van der Waals surface area (Å²) in [6, 6.07) is 6.95. The first-order valence-electron chi connectivity index (χ1n) is 12.0.